The van der Waals surface area contributed by atoms with Crippen LogP contribution < -0.4 is 10.6 Å². The molecule has 0 aliphatic carbocycles. The van der Waals surface area contributed by atoms with Gasteiger partial charge in [-0.15, -0.1) is 11.3 Å². The molecular weight excluding hydrogens is 308 g/mol. The van der Waals surface area contributed by atoms with Gasteiger partial charge in [-0.1, -0.05) is 37.3 Å². The van der Waals surface area contributed by atoms with Crippen LogP contribution in [0.4, 0.5) is 4.79 Å². The molecule has 1 unspecified atom stereocenters. The van der Waals surface area contributed by atoms with E-state index in [0.717, 1.165) is 23.3 Å². The van der Waals surface area contributed by atoms with E-state index in [0.29, 0.717) is 13.2 Å². The van der Waals surface area contributed by atoms with E-state index in [2.05, 4.69) is 41.8 Å². The molecule has 0 fully saturated rings. The molecule has 1 heterocycles. The lowest BCUT2D eigenvalue weighted by molar-refractivity contribution is 0.193. The first-order chi connectivity index (χ1) is 11.2. The summed E-state index contributed by atoms with van der Waals surface area (Å²) in [6.07, 6.45) is 1.82. The van der Waals surface area contributed by atoms with E-state index < -0.39 is 0 Å². The Balaban J connectivity index is 2.04. The average molecular weight is 332 g/mol. The zero-order chi connectivity index (χ0) is 16.5. The third kappa shape index (κ3) is 5.37. The van der Waals surface area contributed by atoms with E-state index in [1.54, 1.807) is 18.4 Å². The number of carbonyl (C=O) groups excluding carboxylic acids is 1. The fourth-order valence-electron chi connectivity index (χ4n) is 2.32. The summed E-state index contributed by atoms with van der Waals surface area (Å²) in [5.74, 6) is 0. The molecule has 124 valence electrons. The topological polar surface area (TPSA) is 50.4 Å². The minimum Gasteiger partial charge on any atom is -0.385 e. The average Bonchev–Trinajstić information content (AvgIpc) is 3.11. The maximum absolute atomic E-state index is 12.1. The van der Waals surface area contributed by atoms with Gasteiger partial charge in [-0.2, -0.15) is 0 Å². The number of nitrogens with one attached hydrogen (secondary N) is 2. The van der Waals surface area contributed by atoms with Crippen LogP contribution in [0, 0.1) is 0 Å². The second-order valence-corrected chi connectivity index (χ2v) is 6.27. The molecule has 23 heavy (non-hydrogen) atoms. The van der Waals surface area contributed by atoms with Gasteiger partial charge in [0.1, 0.15) is 0 Å². The summed E-state index contributed by atoms with van der Waals surface area (Å²) in [5.41, 5.74) is 2.39. The number of benzene rings is 1. The predicted molar refractivity (Wildman–Crippen MR) is 95.0 cm³/mol. The Morgan fingerprint density at radius 3 is 2.65 bits per heavy atom. The van der Waals surface area contributed by atoms with Gasteiger partial charge in [0, 0.05) is 25.1 Å². The van der Waals surface area contributed by atoms with Gasteiger partial charge in [0.2, 0.25) is 0 Å². The molecule has 2 amide bonds. The van der Waals surface area contributed by atoms with E-state index in [4.69, 9.17) is 4.74 Å². The van der Waals surface area contributed by atoms with Crippen LogP contribution in [-0.4, -0.2) is 26.3 Å². The van der Waals surface area contributed by atoms with E-state index in [1.807, 2.05) is 17.5 Å². The van der Waals surface area contributed by atoms with Gasteiger partial charge in [0.15, 0.2) is 0 Å². The molecule has 0 aliphatic heterocycles. The number of ether oxygens (including phenoxy) is 1. The summed E-state index contributed by atoms with van der Waals surface area (Å²) in [6, 6.07) is 12.2. The molecule has 0 bridgehead atoms. The van der Waals surface area contributed by atoms with Gasteiger partial charge in [0.05, 0.1) is 6.04 Å². The van der Waals surface area contributed by atoms with Crippen LogP contribution in [-0.2, 0) is 11.2 Å². The minimum absolute atomic E-state index is 0.122. The van der Waals surface area contributed by atoms with Crippen LogP contribution in [0.2, 0.25) is 0 Å². The van der Waals surface area contributed by atoms with Gasteiger partial charge in [-0.3, -0.25) is 0 Å². The number of hydrogen-bond acceptors (Lipinski definition) is 3. The van der Waals surface area contributed by atoms with Crippen molar-refractivity contribution in [2.24, 2.45) is 0 Å². The van der Waals surface area contributed by atoms with E-state index in [-0.39, 0.29) is 12.1 Å². The highest BCUT2D eigenvalue weighted by molar-refractivity contribution is 7.10. The molecular formula is C18H24N2O2S. The zero-order valence-corrected chi connectivity index (χ0v) is 14.5. The van der Waals surface area contributed by atoms with Crippen LogP contribution in [0.5, 0.6) is 0 Å². The Kier molecular flexibility index (Phi) is 7.10. The molecule has 0 saturated carbocycles. The Morgan fingerprint density at radius 2 is 2.04 bits per heavy atom. The Labute approximate surface area is 141 Å². The normalized spacial score (nSPS) is 11.9. The van der Waals surface area contributed by atoms with E-state index in [9.17, 15) is 4.79 Å². The Hall–Kier alpha value is -1.85. The fraction of sp³-hybridized carbons (Fsp3) is 0.389. The molecule has 2 N–H and O–H groups in total. The lowest BCUT2D eigenvalue weighted by Gasteiger charge is -2.19. The zero-order valence-electron chi connectivity index (χ0n) is 13.7. The molecule has 1 atom stereocenters. The third-order valence-electron chi connectivity index (χ3n) is 3.64. The second-order valence-electron chi connectivity index (χ2n) is 5.29. The number of hydrogen-bond donors (Lipinski definition) is 2. The van der Waals surface area contributed by atoms with Crippen molar-refractivity contribution >= 4 is 17.4 Å². The maximum atomic E-state index is 12.1. The number of aryl methyl sites for hydroxylation is 1. The number of amides is 2. The minimum atomic E-state index is -0.154. The Morgan fingerprint density at radius 1 is 1.26 bits per heavy atom. The van der Waals surface area contributed by atoms with E-state index >= 15 is 0 Å². The summed E-state index contributed by atoms with van der Waals surface area (Å²) in [5, 5.41) is 7.98. The lowest BCUT2D eigenvalue weighted by Crippen LogP contribution is -2.38. The first-order valence-corrected chi connectivity index (χ1v) is 8.78. The molecule has 5 heteroatoms. The SMILES string of the molecule is CCc1ccc(C(NC(=O)NCCCOC)c2cccs2)cc1. The van der Waals surface area contributed by atoms with Gasteiger partial charge in [0.25, 0.3) is 0 Å². The summed E-state index contributed by atoms with van der Waals surface area (Å²) in [6.45, 7) is 3.39. The summed E-state index contributed by atoms with van der Waals surface area (Å²) in [4.78, 5) is 13.3. The third-order valence-corrected chi connectivity index (χ3v) is 4.57. The second kappa shape index (κ2) is 9.33. The largest absolute Gasteiger partial charge is 0.385 e. The maximum Gasteiger partial charge on any atom is 0.315 e. The number of rotatable bonds is 8. The van der Waals surface area contributed by atoms with Crippen molar-refractivity contribution in [3.8, 4) is 0 Å². The smallest absolute Gasteiger partial charge is 0.315 e. The summed E-state index contributed by atoms with van der Waals surface area (Å²) < 4.78 is 4.98. The summed E-state index contributed by atoms with van der Waals surface area (Å²) in [7, 11) is 1.66. The summed E-state index contributed by atoms with van der Waals surface area (Å²) >= 11 is 1.65. The van der Waals surface area contributed by atoms with Crippen LogP contribution in [0.3, 0.4) is 0 Å². The van der Waals surface area contributed by atoms with Crippen molar-refractivity contribution in [3.05, 3.63) is 57.8 Å². The quantitative estimate of drug-likeness (QED) is 0.724. The van der Waals surface area contributed by atoms with Gasteiger partial charge in [-0.05, 0) is 35.4 Å². The highest BCUT2D eigenvalue weighted by Gasteiger charge is 2.17. The molecule has 2 aromatic rings. The fourth-order valence-corrected chi connectivity index (χ4v) is 3.12. The molecule has 4 nitrogen and oxygen atoms in total. The molecule has 2 rings (SSSR count). The van der Waals surface area contributed by atoms with Gasteiger partial charge >= 0.3 is 6.03 Å². The highest BCUT2D eigenvalue weighted by Crippen LogP contribution is 2.26. The number of thiophene rings is 1. The molecule has 1 aromatic carbocycles. The number of carbonyl (C=O) groups is 1. The predicted octanol–water partition coefficient (Wildman–Crippen LogP) is 3.74. The van der Waals surface area contributed by atoms with Crippen molar-refractivity contribution in [2.45, 2.75) is 25.8 Å². The van der Waals surface area contributed by atoms with Crippen molar-refractivity contribution in [3.63, 3.8) is 0 Å². The highest BCUT2D eigenvalue weighted by atomic mass is 32.1. The number of urea groups is 1. The molecule has 0 saturated heterocycles. The molecule has 1 aromatic heterocycles. The van der Waals surface area contributed by atoms with Crippen LogP contribution >= 0.6 is 11.3 Å². The number of methoxy groups -OCH3 is 1. The van der Waals surface area contributed by atoms with Gasteiger partial charge in [-0.25, -0.2) is 4.79 Å². The molecule has 0 radical (unpaired) electrons. The lowest BCUT2D eigenvalue weighted by atomic mass is 10.0. The van der Waals surface area contributed by atoms with Crippen LogP contribution in [0.25, 0.3) is 0 Å². The molecule has 0 spiro atoms. The van der Waals surface area contributed by atoms with Crippen molar-refractivity contribution in [1.82, 2.24) is 10.6 Å². The standard InChI is InChI=1S/C18H24N2O2S/c1-3-14-7-9-15(10-8-14)17(16-6-4-13-23-16)20-18(21)19-11-5-12-22-2/h4,6-10,13,17H,3,5,11-12H2,1-2H3,(H2,19,20,21). The van der Waals surface area contributed by atoms with Crippen molar-refractivity contribution < 1.29 is 9.53 Å². The van der Waals surface area contributed by atoms with Crippen molar-refractivity contribution in [2.75, 3.05) is 20.3 Å². The van der Waals surface area contributed by atoms with Crippen LogP contribution in [0.15, 0.2) is 41.8 Å². The van der Waals surface area contributed by atoms with Gasteiger partial charge < -0.3 is 15.4 Å². The monoisotopic (exact) mass is 332 g/mol. The van der Waals surface area contributed by atoms with Crippen LogP contribution in [0.1, 0.15) is 35.4 Å². The Bertz CT molecular complexity index is 582. The molecule has 0 aliphatic rings. The van der Waals surface area contributed by atoms with Crippen molar-refractivity contribution in [1.29, 1.82) is 0 Å². The van der Waals surface area contributed by atoms with E-state index in [1.165, 1.54) is 5.56 Å². The first kappa shape index (κ1) is 17.5. The first-order valence-electron chi connectivity index (χ1n) is 7.90.